The van der Waals surface area contributed by atoms with Gasteiger partial charge in [0.2, 0.25) is 6.39 Å². The van der Waals surface area contributed by atoms with Crippen LogP contribution in [0.4, 0.5) is 0 Å². The highest BCUT2D eigenvalue weighted by atomic mass is 35.5. The molecule has 0 fully saturated rings. The summed E-state index contributed by atoms with van der Waals surface area (Å²) in [4.78, 5) is 4.17. The van der Waals surface area contributed by atoms with Gasteiger partial charge in [0.25, 0.3) is 0 Å². The maximum Gasteiger partial charge on any atom is 0.213 e. The van der Waals surface area contributed by atoms with Gasteiger partial charge in [0, 0.05) is 23.5 Å². The summed E-state index contributed by atoms with van der Waals surface area (Å²) in [5.41, 5.74) is 1.03. The molecule has 1 N–H and O–H groups in total. The van der Waals surface area contributed by atoms with E-state index < -0.39 is 0 Å². The van der Waals surface area contributed by atoms with Crippen LogP contribution >= 0.6 is 11.6 Å². The average Bonchev–Trinajstić information content (AvgIpc) is 3.19. The van der Waals surface area contributed by atoms with Gasteiger partial charge >= 0.3 is 0 Å². The molecule has 3 aromatic rings. The van der Waals surface area contributed by atoms with Gasteiger partial charge in [-0.2, -0.15) is 10.1 Å². The fourth-order valence-corrected chi connectivity index (χ4v) is 2.43. The first-order valence-corrected chi connectivity index (χ1v) is 7.35. The van der Waals surface area contributed by atoms with Gasteiger partial charge in [0.1, 0.15) is 0 Å². The third-order valence-corrected chi connectivity index (χ3v) is 3.56. The second-order valence-corrected chi connectivity index (χ2v) is 5.51. The Labute approximate surface area is 133 Å². The molecule has 0 saturated heterocycles. The number of nitrogens with one attached hydrogen (secondary N) is 1. The van der Waals surface area contributed by atoms with E-state index in [1.807, 2.05) is 41.2 Å². The van der Waals surface area contributed by atoms with Gasteiger partial charge in [-0.3, -0.25) is 10.00 Å². The van der Waals surface area contributed by atoms with Crippen molar-refractivity contribution in [2.24, 2.45) is 0 Å². The molecule has 2 unspecified atom stereocenters. The SMILES string of the molecule is CC(Cn1cccn1)NC(c1ccc(Cl)cc1)c1ncon1. The predicted molar refractivity (Wildman–Crippen MR) is 82.4 cm³/mol. The fourth-order valence-electron chi connectivity index (χ4n) is 2.31. The maximum atomic E-state index is 5.96. The molecule has 22 heavy (non-hydrogen) atoms. The topological polar surface area (TPSA) is 68.8 Å². The zero-order valence-electron chi connectivity index (χ0n) is 12.1. The maximum absolute atomic E-state index is 5.96. The molecule has 6 nitrogen and oxygen atoms in total. The minimum Gasteiger partial charge on any atom is -0.343 e. The molecule has 1 aromatic carbocycles. The van der Waals surface area contributed by atoms with Crippen LogP contribution in [0.2, 0.25) is 5.02 Å². The van der Waals surface area contributed by atoms with Gasteiger partial charge in [-0.15, -0.1) is 0 Å². The minimum absolute atomic E-state index is 0.165. The van der Waals surface area contributed by atoms with Crippen molar-refractivity contribution in [2.75, 3.05) is 0 Å². The lowest BCUT2D eigenvalue weighted by Crippen LogP contribution is -2.35. The van der Waals surface area contributed by atoms with E-state index in [4.69, 9.17) is 16.1 Å². The van der Waals surface area contributed by atoms with E-state index in [-0.39, 0.29) is 12.1 Å². The van der Waals surface area contributed by atoms with Crippen LogP contribution in [0.5, 0.6) is 0 Å². The Morgan fingerprint density at radius 1 is 1.32 bits per heavy atom. The molecule has 2 atom stereocenters. The Bertz CT molecular complexity index is 681. The molecule has 0 saturated carbocycles. The summed E-state index contributed by atoms with van der Waals surface area (Å²) in [6, 6.07) is 9.52. The summed E-state index contributed by atoms with van der Waals surface area (Å²) in [6.07, 6.45) is 5.03. The number of benzene rings is 1. The monoisotopic (exact) mass is 317 g/mol. The number of aromatic nitrogens is 4. The summed E-state index contributed by atoms with van der Waals surface area (Å²) in [5.74, 6) is 0.592. The Morgan fingerprint density at radius 3 is 2.77 bits per heavy atom. The highest BCUT2D eigenvalue weighted by Gasteiger charge is 2.20. The fraction of sp³-hybridized carbons (Fsp3) is 0.267. The van der Waals surface area contributed by atoms with Crippen LogP contribution in [0.3, 0.4) is 0 Å². The molecule has 0 spiro atoms. The molecule has 0 aliphatic heterocycles. The third-order valence-electron chi connectivity index (χ3n) is 3.31. The second kappa shape index (κ2) is 6.72. The molecule has 0 radical (unpaired) electrons. The van der Waals surface area contributed by atoms with Gasteiger partial charge < -0.3 is 4.52 Å². The molecule has 0 amide bonds. The van der Waals surface area contributed by atoms with Gasteiger partial charge in [0.05, 0.1) is 12.6 Å². The first kappa shape index (κ1) is 14.7. The molecule has 114 valence electrons. The summed E-state index contributed by atoms with van der Waals surface area (Å²) in [7, 11) is 0. The van der Waals surface area contributed by atoms with Gasteiger partial charge in [-0.05, 0) is 30.7 Å². The molecule has 0 aliphatic carbocycles. The van der Waals surface area contributed by atoms with Crippen LogP contribution in [0.15, 0.2) is 53.6 Å². The zero-order chi connectivity index (χ0) is 15.4. The normalized spacial score (nSPS) is 13.9. The number of hydrogen-bond acceptors (Lipinski definition) is 5. The summed E-state index contributed by atoms with van der Waals surface area (Å²) in [5, 5.41) is 12.4. The molecular formula is C15H16ClN5O. The first-order valence-electron chi connectivity index (χ1n) is 6.97. The van der Waals surface area contributed by atoms with Crippen molar-refractivity contribution < 1.29 is 4.52 Å². The number of nitrogens with zero attached hydrogens (tertiary/aromatic N) is 4. The van der Waals surface area contributed by atoms with Crippen LogP contribution in [-0.4, -0.2) is 26.0 Å². The molecule has 7 heteroatoms. The van der Waals surface area contributed by atoms with Crippen LogP contribution in [0, 0.1) is 0 Å². The minimum atomic E-state index is -0.165. The van der Waals surface area contributed by atoms with Crippen molar-refractivity contribution in [3.05, 3.63) is 65.5 Å². The highest BCUT2D eigenvalue weighted by molar-refractivity contribution is 6.30. The smallest absolute Gasteiger partial charge is 0.213 e. The van der Waals surface area contributed by atoms with E-state index in [9.17, 15) is 0 Å². The van der Waals surface area contributed by atoms with E-state index in [1.165, 1.54) is 6.39 Å². The van der Waals surface area contributed by atoms with Crippen molar-refractivity contribution in [1.29, 1.82) is 0 Å². The van der Waals surface area contributed by atoms with E-state index in [1.54, 1.807) is 6.20 Å². The van der Waals surface area contributed by atoms with Crippen molar-refractivity contribution in [1.82, 2.24) is 25.2 Å². The Hall–Kier alpha value is -2.18. The predicted octanol–water partition coefficient (Wildman–Crippen LogP) is 2.69. The first-order chi connectivity index (χ1) is 10.7. The summed E-state index contributed by atoms with van der Waals surface area (Å²) >= 11 is 5.96. The molecule has 3 rings (SSSR count). The third kappa shape index (κ3) is 3.52. The largest absolute Gasteiger partial charge is 0.343 e. The van der Waals surface area contributed by atoms with Crippen LogP contribution < -0.4 is 5.32 Å². The second-order valence-electron chi connectivity index (χ2n) is 5.07. The van der Waals surface area contributed by atoms with E-state index in [0.29, 0.717) is 10.8 Å². The van der Waals surface area contributed by atoms with Crippen LogP contribution in [0.25, 0.3) is 0 Å². The Kier molecular flexibility index (Phi) is 4.50. The van der Waals surface area contributed by atoms with Crippen molar-refractivity contribution in [3.8, 4) is 0 Å². The Balaban J connectivity index is 1.78. The number of rotatable bonds is 6. The van der Waals surface area contributed by atoms with Gasteiger partial charge in [0.15, 0.2) is 5.82 Å². The van der Waals surface area contributed by atoms with E-state index >= 15 is 0 Å². The lowest BCUT2D eigenvalue weighted by atomic mass is 10.1. The Morgan fingerprint density at radius 2 is 2.14 bits per heavy atom. The highest BCUT2D eigenvalue weighted by Crippen LogP contribution is 2.21. The lowest BCUT2D eigenvalue weighted by molar-refractivity contribution is 0.383. The molecule has 2 heterocycles. The van der Waals surface area contributed by atoms with E-state index in [0.717, 1.165) is 12.1 Å². The molecular weight excluding hydrogens is 302 g/mol. The van der Waals surface area contributed by atoms with E-state index in [2.05, 4.69) is 27.5 Å². The number of hydrogen-bond donors (Lipinski definition) is 1. The summed E-state index contributed by atoms with van der Waals surface area (Å²) < 4.78 is 6.77. The molecule has 2 aromatic heterocycles. The van der Waals surface area contributed by atoms with Crippen molar-refractivity contribution >= 4 is 11.6 Å². The van der Waals surface area contributed by atoms with Crippen LogP contribution in [0.1, 0.15) is 24.4 Å². The van der Waals surface area contributed by atoms with Crippen molar-refractivity contribution in [2.45, 2.75) is 25.6 Å². The summed E-state index contributed by atoms with van der Waals surface area (Å²) in [6.45, 7) is 2.83. The zero-order valence-corrected chi connectivity index (χ0v) is 12.8. The molecule has 0 aliphatic rings. The van der Waals surface area contributed by atoms with Gasteiger partial charge in [-0.1, -0.05) is 28.9 Å². The van der Waals surface area contributed by atoms with Crippen LogP contribution in [-0.2, 0) is 6.54 Å². The van der Waals surface area contributed by atoms with Gasteiger partial charge in [-0.25, -0.2) is 0 Å². The molecule has 0 bridgehead atoms. The quantitative estimate of drug-likeness (QED) is 0.757. The van der Waals surface area contributed by atoms with Crippen molar-refractivity contribution in [3.63, 3.8) is 0 Å². The average molecular weight is 318 g/mol. The standard InChI is InChI=1S/C15H16ClN5O/c1-11(9-21-8-2-7-18-21)19-14(15-17-10-22-20-15)12-3-5-13(16)6-4-12/h2-8,10-11,14,19H,9H2,1H3. The number of halogens is 1. The lowest BCUT2D eigenvalue weighted by Gasteiger charge is -2.21.